The minimum absolute atomic E-state index is 0.0655. The van der Waals surface area contributed by atoms with E-state index in [9.17, 15) is 4.79 Å². The Morgan fingerprint density at radius 3 is 2.85 bits per heavy atom. The second kappa shape index (κ2) is 8.00. The molecule has 2 aromatic rings. The van der Waals surface area contributed by atoms with E-state index in [-0.39, 0.29) is 18.1 Å². The highest BCUT2D eigenvalue weighted by molar-refractivity contribution is 6.30. The van der Waals surface area contributed by atoms with E-state index in [1.54, 1.807) is 6.20 Å². The first-order chi connectivity index (χ1) is 13.1. The molecule has 2 aliphatic rings. The molecule has 0 aliphatic carbocycles. The maximum atomic E-state index is 12.3. The molecule has 2 saturated heterocycles. The number of hydrogen-bond donors (Lipinski definition) is 1. The molecule has 0 unspecified atom stereocenters. The zero-order valence-electron chi connectivity index (χ0n) is 15.5. The lowest BCUT2D eigenvalue weighted by atomic mass is 10.1. The molecule has 3 atom stereocenters. The van der Waals surface area contributed by atoms with Gasteiger partial charge in [-0.2, -0.15) is 5.10 Å². The van der Waals surface area contributed by atoms with Gasteiger partial charge in [-0.25, -0.2) is 0 Å². The van der Waals surface area contributed by atoms with E-state index in [1.807, 2.05) is 41.9 Å². The summed E-state index contributed by atoms with van der Waals surface area (Å²) in [5.41, 5.74) is 2.23. The SMILES string of the molecule is Cc1ccnn1CCC(=O)N[C@H]1C[C@H]2CO[C@@H](c3ccc(Cl)cc3)CN2C1. The summed E-state index contributed by atoms with van der Waals surface area (Å²) in [5, 5.41) is 8.15. The summed E-state index contributed by atoms with van der Waals surface area (Å²) in [6.07, 6.45) is 3.22. The summed E-state index contributed by atoms with van der Waals surface area (Å²) in [7, 11) is 0. The summed E-state index contributed by atoms with van der Waals surface area (Å²) in [6.45, 7) is 5.05. The number of fused-ring (bicyclic) bond motifs is 1. The maximum Gasteiger partial charge on any atom is 0.222 e. The molecule has 0 bridgehead atoms. The number of morpholine rings is 1. The smallest absolute Gasteiger partial charge is 0.222 e. The Labute approximate surface area is 164 Å². The molecule has 1 amide bonds. The van der Waals surface area contributed by atoms with Gasteiger partial charge in [-0.3, -0.25) is 14.4 Å². The molecule has 0 spiro atoms. The fraction of sp³-hybridized carbons (Fsp3) is 0.500. The fourth-order valence-corrected chi connectivity index (χ4v) is 4.12. The molecule has 0 saturated carbocycles. The lowest BCUT2D eigenvalue weighted by Crippen LogP contribution is -2.43. The van der Waals surface area contributed by atoms with Gasteiger partial charge in [0.15, 0.2) is 0 Å². The van der Waals surface area contributed by atoms with Crippen molar-refractivity contribution >= 4 is 17.5 Å². The van der Waals surface area contributed by atoms with Crippen LogP contribution in [0.3, 0.4) is 0 Å². The summed E-state index contributed by atoms with van der Waals surface area (Å²) in [6, 6.07) is 10.4. The highest BCUT2D eigenvalue weighted by Crippen LogP contribution is 2.30. The highest BCUT2D eigenvalue weighted by atomic mass is 35.5. The second-order valence-corrected chi connectivity index (χ2v) is 7.86. The Bertz CT molecular complexity index is 792. The van der Waals surface area contributed by atoms with Crippen LogP contribution in [0.1, 0.15) is 30.2 Å². The van der Waals surface area contributed by atoms with Crippen LogP contribution < -0.4 is 5.32 Å². The van der Waals surface area contributed by atoms with Crippen LogP contribution in [0.4, 0.5) is 0 Å². The molecule has 0 radical (unpaired) electrons. The zero-order chi connectivity index (χ0) is 18.8. The molecule has 27 heavy (non-hydrogen) atoms. The number of aromatic nitrogens is 2. The molecule has 4 rings (SSSR count). The average Bonchev–Trinajstić information content (AvgIpc) is 3.25. The van der Waals surface area contributed by atoms with Gasteiger partial charge in [-0.05, 0) is 37.1 Å². The summed E-state index contributed by atoms with van der Waals surface area (Å²) < 4.78 is 7.93. The Hall–Kier alpha value is -1.89. The summed E-state index contributed by atoms with van der Waals surface area (Å²) in [4.78, 5) is 14.8. The van der Waals surface area contributed by atoms with Gasteiger partial charge in [0, 0.05) is 55.1 Å². The van der Waals surface area contributed by atoms with Crippen molar-refractivity contribution in [3.8, 4) is 0 Å². The van der Waals surface area contributed by atoms with E-state index < -0.39 is 0 Å². The monoisotopic (exact) mass is 388 g/mol. The van der Waals surface area contributed by atoms with Crippen molar-refractivity contribution in [3.05, 3.63) is 52.8 Å². The molecular formula is C20H25ClN4O2. The fourth-order valence-electron chi connectivity index (χ4n) is 4.00. The van der Waals surface area contributed by atoms with Gasteiger partial charge in [-0.1, -0.05) is 23.7 Å². The van der Waals surface area contributed by atoms with Gasteiger partial charge in [-0.15, -0.1) is 0 Å². The number of amides is 1. The number of aryl methyl sites for hydroxylation is 2. The van der Waals surface area contributed by atoms with E-state index in [0.717, 1.165) is 35.8 Å². The van der Waals surface area contributed by atoms with Gasteiger partial charge in [0.1, 0.15) is 0 Å². The minimum Gasteiger partial charge on any atom is -0.371 e. The van der Waals surface area contributed by atoms with Crippen molar-refractivity contribution in [2.24, 2.45) is 0 Å². The van der Waals surface area contributed by atoms with Crippen molar-refractivity contribution in [1.29, 1.82) is 0 Å². The van der Waals surface area contributed by atoms with Crippen LogP contribution in [0.5, 0.6) is 0 Å². The number of carbonyl (C=O) groups excluding carboxylic acids is 1. The predicted octanol–water partition coefficient (Wildman–Crippen LogP) is 2.57. The molecular weight excluding hydrogens is 364 g/mol. The van der Waals surface area contributed by atoms with Crippen LogP contribution in [-0.2, 0) is 16.1 Å². The van der Waals surface area contributed by atoms with Gasteiger partial charge in [0.25, 0.3) is 0 Å². The first-order valence-electron chi connectivity index (χ1n) is 9.47. The van der Waals surface area contributed by atoms with Gasteiger partial charge in [0.2, 0.25) is 5.91 Å². The van der Waals surface area contributed by atoms with Crippen LogP contribution in [0.25, 0.3) is 0 Å². The van der Waals surface area contributed by atoms with E-state index in [0.29, 0.717) is 25.6 Å². The Morgan fingerprint density at radius 1 is 1.30 bits per heavy atom. The average molecular weight is 389 g/mol. The molecule has 1 N–H and O–H groups in total. The van der Waals surface area contributed by atoms with Gasteiger partial charge >= 0.3 is 0 Å². The molecule has 3 heterocycles. The van der Waals surface area contributed by atoms with Crippen molar-refractivity contribution < 1.29 is 9.53 Å². The zero-order valence-corrected chi connectivity index (χ0v) is 16.2. The van der Waals surface area contributed by atoms with Crippen LogP contribution >= 0.6 is 11.6 Å². The van der Waals surface area contributed by atoms with E-state index in [1.165, 1.54) is 0 Å². The molecule has 7 heteroatoms. The van der Waals surface area contributed by atoms with Crippen molar-refractivity contribution in [1.82, 2.24) is 20.0 Å². The minimum atomic E-state index is 0.0655. The van der Waals surface area contributed by atoms with E-state index in [2.05, 4.69) is 15.3 Å². The number of rotatable bonds is 5. The summed E-state index contributed by atoms with van der Waals surface area (Å²) >= 11 is 5.98. The molecule has 1 aromatic carbocycles. The molecule has 6 nitrogen and oxygen atoms in total. The molecule has 1 aromatic heterocycles. The van der Waals surface area contributed by atoms with Crippen molar-refractivity contribution in [3.63, 3.8) is 0 Å². The number of nitrogens with zero attached hydrogens (tertiary/aromatic N) is 3. The summed E-state index contributed by atoms with van der Waals surface area (Å²) in [5.74, 6) is 0.0879. The first kappa shape index (κ1) is 18.5. The topological polar surface area (TPSA) is 59.4 Å². The highest BCUT2D eigenvalue weighted by Gasteiger charge is 2.38. The molecule has 2 fully saturated rings. The number of halogens is 1. The standard InChI is InChI=1S/C20H25ClN4O2/c1-14-6-8-22-25(14)9-7-20(26)23-17-10-18-13-27-19(12-24(18)11-17)15-2-4-16(21)5-3-15/h2-6,8,17-19H,7,9-13H2,1H3,(H,23,26)/t17-,18-,19+/m0/s1. The van der Waals surface area contributed by atoms with Crippen molar-refractivity contribution in [2.45, 2.75) is 44.5 Å². The third kappa shape index (κ3) is 4.34. The first-order valence-corrected chi connectivity index (χ1v) is 9.85. The number of carbonyl (C=O) groups is 1. The third-order valence-electron chi connectivity index (χ3n) is 5.50. The van der Waals surface area contributed by atoms with Crippen molar-refractivity contribution in [2.75, 3.05) is 19.7 Å². The predicted molar refractivity (Wildman–Crippen MR) is 104 cm³/mol. The second-order valence-electron chi connectivity index (χ2n) is 7.43. The molecule has 144 valence electrons. The number of hydrogen-bond acceptors (Lipinski definition) is 4. The lowest BCUT2D eigenvalue weighted by molar-refractivity contribution is -0.122. The Morgan fingerprint density at radius 2 is 2.11 bits per heavy atom. The van der Waals surface area contributed by atoms with Gasteiger partial charge in [0.05, 0.1) is 12.7 Å². The van der Waals surface area contributed by atoms with E-state index >= 15 is 0 Å². The van der Waals surface area contributed by atoms with Crippen LogP contribution in [0.2, 0.25) is 5.02 Å². The number of nitrogens with one attached hydrogen (secondary N) is 1. The number of ether oxygens (including phenoxy) is 1. The van der Waals surface area contributed by atoms with Crippen LogP contribution in [0, 0.1) is 6.92 Å². The lowest BCUT2D eigenvalue weighted by Gasteiger charge is -2.35. The third-order valence-corrected chi connectivity index (χ3v) is 5.76. The largest absolute Gasteiger partial charge is 0.371 e. The normalized spacial score (nSPS) is 25.3. The Balaban J connectivity index is 1.27. The maximum absolute atomic E-state index is 12.3. The van der Waals surface area contributed by atoms with E-state index in [4.69, 9.17) is 16.3 Å². The van der Waals surface area contributed by atoms with Crippen LogP contribution in [-0.4, -0.2) is 52.4 Å². The molecule has 2 aliphatic heterocycles. The van der Waals surface area contributed by atoms with Gasteiger partial charge < -0.3 is 10.1 Å². The van der Waals surface area contributed by atoms with Crippen LogP contribution in [0.15, 0.2) is 36.5 Å². The quantitative estimate of drug-likeness (QED) is 0.855. The Kier molecular flexibility index (Phi) is 5.48. The number of benzene rings is 1.